The van der Waals surface area contributed by atoms with Crippen LogP contribution in [0, 0.1) is 6.57 Å². The Kier molecular flexibility index (Phi) is 13.6. The Morgan fingerprint density at radius 2 is 0.656 bits per heavy atom. The maximum atomic E-state index is 8.69. The van der Waals surface area contributed by atoms with Crippen molar-refractivity contribution in [3.05, 3.63) is 357 Å². The molecule has 7 heteroatoms. The third kappa shape index (κ3) is 9.66. The first-order valence-electron chi connectivity index (χ1n) is 32.6. The first-order valence-corrected chi connectivity index (χ1v) is 32.6. The molecular formula is C89H57BN6. The molecule has 0 unspecified atom stereocenters. The van der Waals surface area contributed by atoms with Crippen LogP contribution in [-0.4, -0.2) is 21.2 Å². The van der Waals surface area contributed by atoms with Gasteiger partial charge in [0.2, 0.25) is 5.69 Å². The number of hydrogen-bond donors (Lipinski definition) is 0. The molecule has 16 aromatic rings. The van der Waals surface area contributed by atoms with Gasteiger partial charge in [-0.05, 0) is 163 Å². The van der Waals surface area contributed by atoms with Gasteiger partial charge in [0.15, 0.2) is 5.82 Å². The third-order valence-corrected chi connectivity index (χ3v) is 19.1. The van der Waals surface area contributed by atoms with E-state index in [1.165, 1.54) is 16.4 Å². The molecule has 0 fully saturated rings. The molecule has 0 saturated heterocycles. The first kappa shape index (κ1) is 55.9. The lowest BCUT2D eigenvalue weighted by molar-refractivity contribution is 1.16. The lowest BCUT2D eigenvalue weighted by atomic mass is 9.33. The van der Waals surface area contributed by atoms with E-state index in [9.17, 15) is 0 Å². The van der Waals surface area contributed by atoms with Gasteiger partial charge in [0.1, 0.15) is 0 Å². The summed E-state index contributed by atoms with van der Waals surface area (Å²) in [6.45, 7) is 8.59. The van der Waals surface area contributed by atoms with Gasteiger partial charge in [-0.15, -0.1) is 0 Å². The van der Waals surface area contributed by atoms with Crippen LogP contribution in [0.2, 0.25) is 0 Å². The van der Waals surface area contributed by atoms with E-state index < -0.39 is 0 Å². The second kappa shape index (κ2) is 23.3. The Labute approximate surface area is 558 Å². The van der Waals surface area contributed by atoms with Crippen molar-refractivity contribution >= 4 is 84.7 Å². The zero-order chi connectivity index (χ0) is 63.6. The van der Waals surface area contributed by atoms with E-state index in [4.69, 9.17) is 16.5 Å². The van der Waals surface area contributed by atoms with Gasteiger partial charge in [-0.25, -0.2) is 14.8 Å². The van der Waals surface area contributed by atoms with Crippen molar-refractivity contribution in [3.8, 4) is 95.2 Å². The van der Waals surface area contributed by atoms with Crippen LogP contribution in [0.15, 0.2) is 346 Å². The van der Waals surface area contributed by atoms with Crippen molar-refractivity contribution in [1.82, 2.24) is 14.5 Å². The van der Waals surface area contributed by atoms with Gasteiger partial charge in [-0.2, -0.15) is 0 Å². The number of hydrogen-bond acceptors (Lipinski definition) is 4. The maximum Gasteiger partial charge on any atom is 0.252 e. The van der Waals surface area contributed by atoms with Crippen LogP contribution in [0.4, 0.5) is 39.8 Å². The summed E-state index contributed by atoms with van der Waals surface area (Å²) in [5, 5.41) is 2.14. The molecule has 0 spiro atoms. The zero-order valence-corrected chi connectivity index (χ0v) is 52.2. The average Bonchev–Trinajstić information content (AvgIpc) is 1.48. The summed E-state index contributed by atoms with van der Waals surface area (Å²) in [5.74, 6) is 0.578. The van der Waals surface area contributed by atoms with E-state index in [-0.39, 0.29) is 6.71 Å². The fourth-order valence-corrected chi connectivity index (χ4v) is 14.7. The molecule has 0 amide bonds. The van der Waals surface area contributed by atoms with Gasteiger partial charge in [0.25, 0.3) is 6.71 Å². The van der Waals surface area contributed by atoms with Gasteiger partial charge < -0.3 is 14.4 Å². The fraction of sp³-hybridized carbons (Fsp3) is 0. The minimum Gasteiger partial charge on any atom is -0.319 e. The summed E-state index contributed by atoms with van der Waals surface area (Å²) in [4.78, 5) is 19.8. The highest BCUT2D eigenvalue weighted by Gasteiger charge is 2.44. The van der Waals surface area contributed by atoms with Crippen molar-refractivity contribution in [2.24, 2.45) is 0 Å². The molecule has 0 radical (unpaired) electrons. The Bertz CT molecular complexity index is 5360. The Morgan fingerprint density at radius 3 is 1.12 bits per heavy atom. The Hall–Kier alpha value is -12.9. The molecule has 4 heterocycles. The fourth-order valence-electron chi connectivity index (χ4n) is 14.7. The summed E-state index contributed by atoms with van der Waals surface area (Å²) in [5.41, 5.74) is 29.2. The highest BCUT2D eigenvalue weighted by atomic mass is 15.2. The SMILES string of the molecule is [C-]#[N+]c1ccc(-c2nc(-c3ccccc3)cc(-c3ccccc3)n2)cc1-n1c2ccccc2c2cc(-c3cc4c5c(c3)N(c3cc(-c6ccccc6)cc(-c6ccccc6)c3)c3ccccc3B5c3ccccc3N4c3cc(-c4ccccc4)cc(-c4ccccc4)c3)ccc21. The standard InChI is InChI=1S/C89H57BN6/c1-91-78-46-44-66(89-92-79(63-34-16-6-17-35-63)58-80(93-89)64-36-18-7-19-37-64)55-85(78)96-81-41-23-20-38-74(81)75-54-65(45-47-82(75)96)71-56-86-88-87(57-71)95(73-52-69(61-30-12-4-13-31-61)49-70(53-73)62-32-14-5-15-33-62)84-43-25-22-40-77(84)90(88)76-39-21-24-42-83(76)94(86)72-50-67(59-26-8-2-9-27-59)48-68(51-72)60-28-10-3-11-29-60/h2-58H. The highest BCUT2D eigenvalue weighted by Crippen LogP contribution is 2.50. The van der Waals surface area contributed by atoms with Gasteiger partial charge in [0, 0.05) is 61.6 Å². The monoisotopic (exact) mass is 1220 g/mol. The summed E-state index contributed by atoms with van der Waals surface area (Å²) in [6.07, 6.45) is 0. The number of anilines is 6. The van der Waals surface area contributed by atoms with Gasteiger partial charge in [0.05, 0.1) is 34.7 Å². The molecule has 18 rings (SSSR count). The molecule has 2 aliphatic heterocycles. The van der Waals surface area contributed by atoms with E-state index in [1.54, 1.807) is 0 Å². The first-order chi connectivity index (χ1) is 47.5. The van der Waals surface area contributed by atoms with Gasteiger partial charge in [-0.3, -0.25) is 0 Å². The summed E-state index contributed by atoms with van der Waals surface area (Å²) < 4.78 is 2.26. The van der Waals surface area contributed by atoms with E-state index in [0.29, 0.717) is 11.5 Å². The number of benzene rings is 14. The second-order valence-corrected chi connectivity index (χ2v) is 24.7. The molecule has 2 aromatic heterocycles. The largest absolute Gasteiger partial charge is 0.319 e. The highest BCUT2D eigenvalue weighted by molar-refractivity contribution is 7.00. The topological polar surface area (TPSA) is 41.6 Å². The molecule has 0 bridgehead atoms. The van der Waals surface area contributed by atoms with E-state index in [1.807, 2.05) is 48.5 Å². The molecular weight excluding hydrogens is 1160 g/mol. The van der Waals surface area contributed by atoms with Crippen LogP contribution in [0.1, 0.15) is 0 Å². The number of rotatable bonds is 11. The van der Waals surface area contributed by atoms with E-state index >= 15 is 0 Å². The van der Waals surface area contributed by atoms with Crippen molar-refractivity contribution in [3.63, 3.8) is 0 Å². The van der Waals surface area contributed by atoms with Crippen molar-refractivity contribution in [1.29, 1.82) is 0 Å². The van der Waals surface area contributed by atoms with Crippen LogP contribution in [0.5, 0.6) is 0 Å². The number of fused-ring (bicyclic) bond motifs is 7. The Morgan fingerprint density at radius 1 is 0.271 bits per heavy atom. The van der Waals surface area contributed by atoms with Crippen LogP contribution in [0.3, 0.4) is 0 Å². The molecule has 0 N–H and O–H groups in total. The molecule has 0 atom stereocenters. The summed E-state index contributed by atoms with van der Waals surface area (Å²) in [7, 11) is 0. The molecule has 0 aliphatic carbocycles. The van der Waals surface area contributed by atoms with E-state index in [2.05, 4.69) is 316 Å². The number of aromatic nitrogens is 3. The van der Waals surface area contributed by atoms with Crippen molar-refractivity contribution in [2.75, 3.05) is 9.80 Å². The normalized spacial score (nSPS) is 12.1. The van der Waals surface area contributed by atoms with E-state index in [0.717, 1.165) is 145 Å². The lowest BCUT2D eigenvalue weighted by Crippen LogP contribution is -2.61. The zero-order valence-electron chi connectivity index (χ0n) is 52.2. The van der Waals surface area contributed by atoms with Crippen LogP contribution in [0.25, 0.3) is 122 Å². The average molecular weight is 1220 g/mol. The maximum absolute atomic E-state index is 8.69. The number of para-hydroxylation sites is 3. The van der Waals surface area contributed by atoms with Crippen LogP contribution in [-0.2, 0) is 0 Å². The molecule has 96 heavy (non-hydrogen) atoms. The number of nitrogens with zero attached hydrogens (tertiary/aromatic N) is 6. The molecule has 0 saturated carbocycles. The molecule has 446 valence electrons. The molecule has 2 aliphatic rings. The van der Waals surface area contributed by atoms with Gasteiger partial charge >= 0.3 is 0 Å². The quantitative estimate of drug-likeness (QED) is 0.0956. The minimum atomic E-state index is -0.107. The molecule has 6 nitrogen and oxygen atoms in total. The minimum absolute atomic E-state index is 0.107. The second-order valence-electron chi connectivity index (χ2n) is 24.7. The van der Waals surface area contributed by atoms with Crippen molar-refractivity contribution < 1.29 is 0 Å². The van der Waals surface area contributed by atoms with Crippen molar-refractivity contribution in [2.45, 2.75) is 0 Å². The summed E-state index contributed by atoms with van der Waals surface area (Å²) >= 11 is 0. The smallest absolute Gasteiger partial charge is 0.252 e. The predicted octanol–water partition coefficient (Wildman–Crippen LogP) is 21.5. The lowest BCUT2D eigenvalue weighted by Gasteiger charge is -2.44. The van der Waals surface area contributed by atoms with Crippen LogP contribution >= 0.6 is 0 Å². The van der Waals surface area contributed by atoms with Crippen LogP contribution < -0.4 is 26.2 Å². The predicted molar refractivity (Wildman–Crippen MR) is 400 cm³/mol. The third-order valence-electron chi connectivity index (χ3n) is 19.1. The summed E-state index contributed by atoms with van der Waals surface area (Å²) in [6, 6.07) is 124. The molecule has 14 aromatic carbocycles. The van der Waals surface area contributed by atoms with Gasteiger partial charge in [-0.1, -0.05) is 255 Å². The Balaban J connectivity index is 0.883.